The van der Waals surface area contributed by atoms with Gasteiger partial charge in [0.2, 0.25) is 0 Å². The highest BCUT2D eigenvalue weighted by molar-refractivity contribution is 8.07. The Morgan fingerprint density at radius 1 is 1.47 bits per heavy atom. The highest BCUT2D eigenvalue weighted by Crippen LogP contribution is 2.41. The summed E-state index contributed by atoms with van der Waals surface area (Å²) in [6.45, 7) is 4.47. The van der Waals surface area contributed by atoms with Gasteiger partial charge in [0, 0.05) is 26.9 Å². The molecule has 2 heterocycles. The van der Waals surface area contributed by atoms with Gasteiger partial charge in [0.05, 0.1) is 6.04 Å². The molecule has 1 fully saturated rings. The molecule has 3 unspecified atom stereocenters. The number of thioether (sulfide) groups is 2. The molecule has 17 heavy (non-hydrogen) atoms. The van der Waals surface area contributed by atoms with Crippen LogP contribution in [0.2, 0.25) is 0 Å². The lowest BCUT2D eigenvalue weighted by Gasteiger charge is -2.35. The predicted molar refractivity (Wildman–Crippen MR) is 81.9 cm³/mol. The fraction of sp³-hybridized carbons (Fsp3) is 0.667. The molecule has 0 aliphatic carbocycles. The molecular formula is C12H20N2S3. The second-order valence-electron chi connectivity index (χ2n) is 4.23. The van der Waals surface area contributed by atoms with Crippen LogP contribution in [0.3, 0.4) is 0 Å². The fourth-order valence-corrected chi connectivity index (χ4v) is 6.30. The molecule has 96 valence electrons. The van der Waals surface area contributed by atoms with E-state index in [1.165, 1.54) is 28.4 Å². The first-order chi connectivity index (χ1) is 8.27. The normalized spacial score (nSPS) is 27.0. The zero-order valence-electron chi connectivity index (χ0n) is 10.3. The molecule has 1 aliphatic rings. The van der Waals surface area contributed by atoms with Gasteiger partial charge in [-0.15, -0.1) is 11.3 Å². The number of nitrogens with one attached hydrogen (secondary N) is 1. The van der Waals surface area contributed by atoms with Gasteiger partial charge in [-0.1, -0.05) is 6.92 Å². The summed E-state index contributed by atoms with van der Waals surface area (Å²) in [5.41, 5.74) is 4.44. The minimum absolute atomic E-state index is 0.295. The van der Waals surface area contributed by atoms with Crippen LogP contribution in [0.4, 0.5) is 0 Å². The molecule has 1 aromatic rings. The lowest BCUT2D eigenvalue weighted by Crippen LogP contribution is -2.41. The van der Waals surface area contributed by atoms with Gasteiger partial charge in [0.15, 0.2) is 0 Å². The Balaban J connectivity index is 2.19. The highest BCUT2D eigenvalue weighted by atomic mass is 32.2. The Hall–Kier alpha value is 0.320. The van der Waals surface area contributed by atoms with Gasteiger partial charge < -0.3 is 0 Å². The van der Waals surface area contributed by atoms with Gasteiger partial charge in [0.1, 0.15) is 0 Å². The maximum absolute atomic E-state index is 5.81. The van der Waals surface area contributed by atoms with E-state index < -0.39 is 0 Å². The Morgan fingerprint density at radius 3 is 2.82 bits per heavy atom. The van der Waals surface area contributed by atoms with Gasteiger partial charge >= 0.3 is 0 Å². The quantitative estimate of drug-likeness (QED) is 0.659. The van der Waals surface area contributed by atoms with Gasteiger partial charge in [-0.2, -0.15) is 23.5 Å². The monoisotopic (exact) mass is 288 g/mol. The number of hydrazine groups is 1. The molecule has 3 atom stereocenters. The lowest BCUT2D eigenvalue weighted by molar-refractivity contribution is 0.513. The molecule has 5 heteroatoms. The van der Waals surface area contributed by atoms with Crippen LogP contribution in [-0.4, -0.2) is 22.0 Å². The van der Waals surface area contributed by atoms with Crippen LogP contribution in [0.5, 0.6) is 0 Å². The van der Waals surface area contributed by atoms with E-state index in [9.17, 15) is 0 Å². The number of hydrogen-bond donors (Lipinski definition) is 2. The van der Waals surface area contributed by atoms with Crippen molar-refractivity contribution < 1.29 is 0 Å². The molecule has 0 bridgehead atoms. The van der Waals surface area contributed by atoms with E-state index in [2.05, 4.69) is 54.2 Å². The Labute approximate surface area is 116 Å². The van der Waals surface area contributed by atoms with Crippen LogP contribution in [-0.2, 0) is 0 Å². The minimum atomic E-state index is 0.295. The summed E-state index contributed by atoms with van der Waals surface area (Å²) in [5, 5.41) is 3.47. The SMILES string of the molecule is CCC1SCCSC1C(NN)c1ccsc1C. The number of aryl methyl sites for hydroxylation is 1. The zero-order valence-corrected chi connectivity index (χ0v) is 12.8. The summed E-state index contributed by atoms with van der Waals surface area (Å²) in [7, 11) is 0. The fourth-order valence-electron chi connectivity index (χ4n) is 2.33. The van der Waals surface area contributed by atoms with E-state index in [0.29, 0.717) is 16.5 Å². The van der Waals surface area contributed by atoms with Crippen molar-refractivity contribution in [2.24, 2.45) is 5.84 Å². The second-order valence-corrected chi connectivity index (χ2v) is 7.98. The lowest BCUT2D eigenvalue weighted by atomic mass is 10.0. The van der Waals surface area contributed by atoms with Crippen LogP contribution in [0.25, 0.3) is 0 Å². The van der Waals surface area contributed by atoms with Crippen LogP contribution in [0.1, 0.15) is 29.8 Å². The predicted octanol–water partition coefficient (Wildman–Crippen LogP) is 3.19. The molecule has 0 aromatic carbocycles. The van der Waals surface area contributed by atoms with Crippen LogP contribution >= 0.6 is 34.9 Å². The Kier molecular flexibility index (Phi) is 5.24. The van der Waals surface area contributed by atoms with Crippen molar-refractivity contribution in [3.05, 3.63) is 21.9 Å². The molecule has 1 aromatic heterocycles. The molecule has 0 spiro atoms. The van der Waals surface area contributed by atoms with E-state index in [1.54, 1.807) is 0 Å². The molecule has 0 saturated carbocycles. The third-order valence-corrected chi connectivity index (χ3v) is 7.45. The van der Waals surface area contributed by atoms with Crippen molar-refractivity contribution in [2.45, 2.75) is 36.8 Å². The van der Waals surface area contributed by atoms with Crippen molar-refractivity contribution >= 4 is 34.9 Å². The van der Waals surface area contributed by atoms with Crippen molar-refractivity contribution in [3.63, 3.8) is 0 Å². The average molecular weight is 289 g/mol. The third kappa shape index (κ3) is 3.01. The number of nitrogens with two attached hydrogens (primary N) is 1. The standard InChI is InChI=1S/C12H20N2S3/c1-3-10-12(17-7-6-16-10)11(14-13)9-4-5-15-8(9)2/h4-5,10-12,14H,3,6-7,13H2,1-2H3. The Bertz CT molecular complexity index is 353. The van der Waals surface area contributed by atoms with Gasteiger partial charge in [0.25, 0.3) is 0 Å². The summed E-state index contributed by atoms with van der Waals surface area (Å²) in [6.07, 6.45) is 1.23. The van der Waals surface area contributed by atoms with Crippen LogP contribution < -0.4 is 11.3 Å². The average Bonchev–Trinajstić information content (AvgIpc) is 2.78. The van der Waals surface area contributed by atoms with Gasteiger partial charge in [-0.25, -0.2) is 0 Å². The molecule has 0 amide bonds. The topological polar surface area (TPSA) is 38.0 Å². The minimum Gasteiger partial charge on any atom is -0.271 e. The molecule has 2 rings (SSSR count). The number of hydrogen-bond acceptors (Lipinski definition) is 5. The summed E-state index contributed by atoms with van der Waals surface area (Å²) < 4.78 is 0. The van der Waals surface area contributed by atoms with E-state index in [0.717, 1.165) is 0 Å². The zero-order chi connectivity index (χ0) is 12.3. The van der Waals surface area contributed by atoms with Gasteiger partial charge in [-0.3, -0.25) is 11.3 Å². The molecule has 1 saturated heterocycles. The first-order valence-corrected chi connectivity index (χ1v) is 8.99. The maximum atomic E-state index is 5.81. The smallest absolute Gasteiger partial charge is 0.0600 e. The first-order valence-electron chi connectivity index (χ1n) is 6.01. The van der Waals surface area contributed by atoms with Crippen molar-refractivity contribution in [3.8, 4) is 0 Å². The van der Waals surface area contributed by atoms with E-state index in [-0.39, 0.29) is 0 Å². The molecule has 2 nitrogen and oxygen atoms in total. The first kappa shape index (κ1) is 13.7. The second kappa shape index (κ2) is 6.48. The molecule has 3 N–H and O–H groups in total. The summed E-state index contributed by atoms with van der Waals surface area (Å²) in [5.74, 6) is 8.33. The van der Waals surface area contributed by atoms with E-state index in [1.807, 2.05) is 11.3 Å². The Morgan fingerprint density at radius 2 is 2.24 bits per heavy atom. The van der Waals surface area contributed by atoms with Crippen LogP contribution in [0.15, 0.2) is 11.4 Å². The number of rotatable bonds is 4. The van der Waals surface area contributed by atoms with Crippen molar-refractivity contribution in [1.29, 1.82) is 0 Å². The largest absolute Gasteiger partial charge is 0.271 e. The molecule has 1 aliphatic heterocycles. The molecule has 0 radical (unpaired) electrons. The number of thiophene rings is 1. The van der Waals surface area contributed by atoms with E-state index >= 15 is 0 Å². The third-order valence-electron chi connectivity index (χ3n) is 3.24. The van der Waals surface area contributed by atoms with Crippen molar-refractivity contribution in [1.82, 2.24) is 5.43 Å². The van der Waals surface area contributed by atoms with Gasteiger partial charge in [-0.05, 0) is 30.4 Å². The van der Waals surface area contributed by atoms with Crippen LogP contribution in [0, 0.1) is 6.92 Å². The summed E-state index contributed by atoms with van der Waals surface area (Å²) in [6, 6.07) is 2.51. The van der Waals surface area contributed by atoms with Crippen molar-refractivity contribution in [2.75, 3.05) is 11.5 Å². The summed E-state index contributed by atoms with van der Waals surface area (Å²) in [4.78, 5) is 1.39. The molecular weight excluding hydrogens is 268 g/mol. The summed E-state index contributed by atoms with van der Waals surface area (Å²) >= 11 is 5.99. The maximum Gasteiger partial charge on any atom is 0.0600 e. The van der Waals surface area contributed by atoms with E-state index in [4.69, 9.17) is 5.84 Å². The highest BCUT2D eigenvalue weighted by Gasteiger charge is 2.33.